The van der Waals surface area contributed by atoms with Gasteiger partial charge in [0.05, 0.1) is 6.20 Å². The first-order valence-electron chi connectivity index (χ1n) is 12.0. The Morgan fingerprint density at radius 1 is 1.14 bits per heavy atom. The van der Waals surface area contributed by atoms with Crippen LogP contribution in [0.5, 0.6) is 0 Å². The SMILES string of the molecule is CSc1nc(NCc2ccccc2N2CCN(C(=O)OC(C)(C)C)CC2)n2ncc(C(C)C)c2n1. The zero-order valence-corrected chi connectivity index (χ0v) is 22.2. The van der Waals surface area contributed by atoms with Gasteiger partial charge in [-0.3, -0.25) is 0 Å². The molecule has 0 radical (unpaired) electrons. The predicted octanol–water partition coefficient (Wildman–Crippen LogP) is 4.64. The van der Waals surface area contributed by atoms with Gasteiger partial charge in [0, 0.05) is 44.0 Å². The number of fused-ring (bicyclic) bond motifs is 1. The van der Waals surface area contributed by atoms with Gasteiger partial charge in [-0.1, -0.05) is 43.8 Å². The van der Waals surface area contributed by atoms with Crippen molar-refractivity contribution in [3.63, 3.8) is 0 Å². The van der Waals surface area contributed by atoms with E-state index in [0.29, 0.717) is 36.7 Å². The van der Waals surface area contributed by atoms with Crippen LogP contribution < -0.4 is 10.2 Å². The predicted molar refractivity (Wildman–Crippen MR) is 140 cm³/mol. The normalized spacial score (nSPS) is 14.6. The number of carbonyl (C=O) groups is 1. The number of piperazine rings is 1. The van der Waals surface area contributed by atoms with E-state index in [1.165, 1.54) is 11.8 Å². The zero-order valence-electron chi connectivity index (χ0n) is 21.4. The van der Waals surface area contributed by atoms with Crippen LogP contribution in [0.25, 0.3) is 5.65 Å². The minimum absolute atomic E-state index is 0.246. The lowest BCUT2D eigenvalue weighted by Crippen LogP contribution is -2.50. The molecule has 4 rings (SSSR count). The molecule has 1 aliphatic heterocycles. The summed E-state index contributed by atoms with van der Waals surface area (Å²) in [6.07, 6.45) is 3.61. The second kappa shape index (κ2) is 10.3. The Kier molecular flexibility index (Phi) is 7.39. The zero-order chi connectivity index (χ0) is 25.2. The molecule has 1 amide bonds. The summed E-state index contributed by atoms with van der Waals surface area (Å²) in [7, 11) is 0. The number of thioether (sulfide) groups is 1. The molecule has 1 saturated heterocycles. The minimum atomic E-state index is -0.487. The molecule has 0 spiro atoms. The van der Waals surface area contributed by atoms with Crippen molar-refractivity contribution in [3.8, 4) is 0 Å². The largest absolute Gasteiger partial charge is 0.444 e. The van der Waals surface area contributed by atoms with Gasteiger partial charge in [0.25, 0.3) is 0 Å². The molecule has 1 N–H and O–H groups in total. The van der Waals surface area contributed by atoms with E-state index < -0.39 is 5.60 Å². The van der Waals surface area contributed by atoms with Crippen LogP contribution in [-0.2, 0) is 11.3 Å². The fraction of sp³-hybridized carbons (Fsp3) is 0.520. The summed E-state index contributed by atoms with van der Waals surface area (Å²) < 4.78 is 7.33. The molecule has 3 aromatic rings. The van der Waals surface area contributed by atoms with E-state index in [4.69, 9.17) is 4.74 Å². The number of carbonyl (C=O) groups excluding carboxylic acids is 1. The first-order chi connectivity index (χ1) is 16.7. The number of nitrogens with zero attached hydrogens (tertiary/aromatic N) is 6. The number of benzene rings is 1. The Labute approximate surface area is 211 Å². The van der Waals surface area contributed by atoms with E-state index in [9.17, 15) is 4.79 Å². The third kappa shape index (κ3) is 5.80. The lowest BCUT2D eigenvalue weighted by Gasteiger charge is -2.37. The number of rotatable bonds is 6. The van der Waals surface area contributed by atoms with E-state index in [0.717, 1.165) is 35.6 Å². The molecule has 1 aliphatic rings. The maximum absolute atomic E-state index is 12.4. The lowest BCUT2D eigenvalue weighted by atomic mass is 10.1. The second-order valence-electron chi connectivity index (χ2n) is 9.96. The number of hydrogen-bond donors (Lipinski definition) is 1. The molecule has 0 bridgehead atoms. The second-order valence-corrected chi connectivity index (χ2v) is 10.7. The number of aromatic nitrogens is 4. The van der Waals surface area contributed by atoms with Gasteiger partial charge in [0.15, 0.2) is 10.8 Å². The standard InChI is InChI=1S/C25H35N7O2S/c1-17(2)19-16-27-32-21(19)28-23(35-6)29-22(32)26-15-18-9-7-8-10-20(18)30-11-13-31(14-12-30)24(33)34-25(3,4)5/h7-10,16-17H,11-15H2,1-6H3,(H,26,28,29). The average Bonchev–Trinajstić information content (AvgIpc) is 3.26. The van der Waals surface area contributed by atoms with Crippen molar-refractivity contribution in [3.05, 3.63) is 41.6 Å². The van der Waals surface area contributed by atoms with Crippen LogP contribution in [0, 0.1) is 0 Å². The van der Waals surface area contributed by atoms with Crippen LogP contribution in [0.3, 0.4) is 0 Å². The molecule has 0 atom stereocenters. The summed E-state index contributed by atoms with van der Waals surface area (Å²) in [4.78, 5) is 25.9. The van der Waals surface area contributed by atoms with Crippen molar-refractivity contribution in [1.29, 1.82) is 0 Å². The molecule has 0 unspecified atom stereocenters. The smallest absolute Gasteiger partial charge is 0.410 e. The van der Waals surface area contributed by atoms with Crippen LogP contribution in [0.2, 0.25) is 0 Å². The Bertz CT molecular complexity index is 1180. The van der Waals surface area contributed by atoms with E-state index in [-0.39, 0.29) is 6.09 Å². The number of anilines is 2. The molecule has 10 heteroatoms. The fourth-order valence-corrected chi connectivity index (χ4v) is 4.44. The average molecular weight is 498 g/mol. The van der Waals surface area contributed by atoms with Crippen LogP contribution >= 0.6 is 11.8 Å². The Hall–Kier alpha value is -3.01. The monoisotopic (exact) mass is 497 g/mol. The number of hydrogen-bond acceptors (Lipinski definition) is 8. The molecule has 2 aromatic heterocycles. The highest BCUT2D eigenvalue weighted by molar-refractivity contribution is 7.98. The molecule has 35 heavy (non-hydrogen) atoms. The number of ether oxygens (including phenoxy) is 1. The van der Waals surface area contributed by atoms with Gasteiger partial charge in [-0.05, 0) is 44.6 Å². The van der Waals surface area contributed by atoms with E-state index in [1.54, 1.807) is 9.42 Å². The van der Waals surface area contributed by atoms with Crippen molar-refractivity contribution in [1.82, 2.24) is 24.5 Å². The van der Waals surface area contributed by atoms with Crippen molar-refractivity contribution >= 4 is 35.1 Å². The van der Waals surface area contributed by atoms with Crippen molar-refractivity contribution in [2.45, 2.75) is 57.8 Å². The quantitative estimate of drug-likeness (QED) is 0.493. The van der Waals surface area contributed by atoms with Crippen LogP contribution in [0.15, 0.2) is 35.6 Å². The Balaban J connectivity index is 1.49. The third-order valence-corrected chi connectivity index (χ3v) is 6.43. The molecular weight excluding hydrogens is 462 g/mol. The Morgan fingerprint density at radius 2 is 1.86 bits per heavy atom. The van der Waals surface area contributed by atoms with Gasteiger partial charge < -0.3 is 19.9 Å². The molecule has 1 fully saturated rings. The highest BCUT2D eigenvalue weighted by Crippen LogP contribution is 2.26. The first-order valence-corrected chi connectivity index (χ1v) is 13.2. The molecule has 1 aromatic carbocycles. The molecule has 9 nitrogen and oxygen atoms in total. The van der Waals surface area contributed by atoms with Crippen molar-refractivity contribution in [2.75, 3.05) is 42.7 Å². The van der Waals surface area contributed by atoms with E-state index in [2.05, 4.69) is 57.3 Å². The van der Waals surface area contributed by atoms with Gasteiger partial charge in [-0.25, -0.2) is 9.78 Å². The highest BCUT2D eigenvalue weighted by atomic mass is 32.2. The summed E-state index contributed by atoms with van der Waals surface area (Å²) in [5.41, 5.74) is 3.77. The van der Waals surface area contributed by atoms with Crippen molar-refractivity contribution < 1.29 is 9.53 Å². The third-order valence-electron chi connectivity index (χ3n) is 5.88. The van der Waals surface area contributed by atoms with E-state index >= 15 is 0 Å². The van der Waals surface area contributed by atoms with Gasteiger partial charge in [0.1, 0.15) is 5.60 Å². The van der Waals surface area contributed by atoms with E-state index in [1.807, 2.05) is 39.3 Å². The van der Waals surface area contributed by atoms with Gasteiger partial charge in [0.2, 0.25) is 5.95 Å². The summed E-state index contributed by atoms with van der Waals surface area (Å²) in [6, 6.07) is 8.36. The molecule has 0 aliphatic carbocycles. The number of nitrogens with one attached hydrogen (secondary N) is 1. The van der Waals surface area contributed by atoms with Gasteiger partial charge in [-0.2, -0.15) is 14.6 Å². The fourth-order valence-electron chi connectivity index (χ4n) is 4.09. The van der Waals surface area contributed by atoms with Crippen LogP contribution in [0.4, 0.5) is 16.4 Å². The number of para-hydroxylation sites is 1. The Morgan fingerprint density at radius 3 is 2.51 bits per heavy atom. The summed E-state index contributed by atoms with van der Waals surface area (Å²) in [5.74, 6) is 1.00. The highest BCUT2D eigenvalue weighted by Gasteiger charge is 2.26. The maximum Gasteiger partial charge on any atom is 0.410 e. The van der Waals surface area contributed by atoms with Crippen LogP contribution in [0.1, 0.15) is 51.7 Å². The van der Waals surface area contributed by atoms with Crippen molar-refractivity contribution in [2.24, 2.45) is 0 Å². The molecule has 0 saturated carbocycles. The van der Waals surface area contributed by atoms with Crippen LogP contribution in [-0.4, -0.2) is 68.6 Å². The lowest BCUT2D eigenvalue weighted by molar-refractivity contribution is 0.0240. The maximum atomic E-state index is 12.4. The van der Waals surface area contributed by atoms with Gasteiger partial charge in [-0.15, -0.1) is 0 Å². The molecule has 188 valence electrons. The summed E-state index contributed by atoms with van der Waals surface area (Å²) in [5, 5.41) is 8.75. The molecule has 3 heterocycles. The first kappa shape index (κ1) is 25.1. The minimum Gasteiger partial charge on any atom is -0.444 e. The molecular formula is C25H35N7O2S. The van der Waals surface area contributed by atoms with Gasteiger partial charge >= 0.3 is 6.09 Å². The summed E-state index contributed by atoms with van der Waals surface area (Å²) in [6.45, 7) is 13.3. The topological polar surface area (TPSA) is 87.9 Å². The summed E-state index contributed by atoms with van der Waals surface area (Å²) >= 11 is 1.52. The number of amides is 1.